The van der Waals surface area contributed by atoms with E-state index in [1.54, 1.807) is 6.20 Å². The van der Waals surface area contributed by atoms with Gasteiger partial charge in [0.05, 0.1) is 6.10 Å². The molecule has 23 heavy (non-hydrogen) atoms. The van der Waals surface area contributed by atoms with Gasteiger partial charge in [-0.1, -0.05) is 19.9 Å². The molecular weight excluding hydrogens is 288 g/mol. The Labute approximate surface area is 141 Å². The first-order valence-electron chi connectivity index (χ1n) is 8.70. The fraction of sp³-hybridized carbons (Fsp3) is 0.667. The number of guanidine groups is 1. The molecule has 0 fully saturated rings. The van der Waals surface area contributed by atoms with Crippen LogP contribution in [0.25, 0.3) is 0 Å². The van der Waals surface area contributed by atoms with Crippen molar-refractivity contribution in [1.29, 1.82) is 0 Å². The summed E-state index contributed by atoms with van der Waals surface area (Å²) in [7, 11) is 0. The second-order valence-corrected chi connectivity index (χ2v) is 5.83. The van der Waals surface area contributed by atoms with Crippen LogP contribution in [0.3, 0.4) is 0 Å². The van der Waals surface area contributed by atoms with E-state index in [4.69, 9.17) is 4.74 Å². The molecule has 0 aromatic carbocycles. The summed E-state index contributed by atoms with van der Waals surface area (Å²) in [5.74, 6) is 1.39. The van der Waals surface area contributed by atoms with E-state index in [0.717, 1.165) is 45.0 Å². The molecule has 1 heterocycles. The summed E-state index contributed by atoms with van der Waals surface area (Å²) in [4.78, 5) is 8.78. The molecule has 0 amide bonds. The van der Waals surface area contributed by atoms with Crippen LogP contribution in [0.4, 0.5) is 0 Å². The lowest BCUT2D eigenvalue weighted by molar-refractivity contribution is 0.0266. The van der Waals surface area contributed by atoms with Gasteiger partial charge < -0.3 is 15.4 Å². The third-order valence-corrected chi connectivity index (χ3v) is 3.58. The number of pyridine rings is 1. The molecule has 0 spiro atoms. The number of hydrogen-bond acceptors (Lipinski definition) is 3. The van der Waals surface area contributed by atoms with E-state index in [1.807, 2.05) is 19.2 Å². The lowest BCUT2D eigenvalue weighted by Gasteiger charge is -2.20. The first-order chi connectivity index (χ1) is 11.2. The average molecular weight is 320 g/mol. The van der Waals surface area contributed by atoms with Crippen LogP contribution in [0.2, 0.25) is 0 Å². The minimum atomic E-state index is 0.280. The Kier molecular flexibility index (Phi) is 10.0. The Bertz CT molecular complexity index is 434. The van der Waals surface area contributed by atoms with Gasteiger partial charge in [-0.15, -0.1) is 0 Å². The smallest absolute Gasteiger partial charge is 0.191 e. The van der Waals surface area contributed by atoms with E-state index in [-0.39, 0.29) is 6.10 Å². The first-order valence-corrected chi connectivity index (χ1v) is 8.70. The topological polar surface area (TPSA) is 58.5 Å². The molecule has 130 valence electrons. The van der Waals surface area contributed by atoms with Gasteiger partial charge in [0, 0.05) is 38.6 Å². The molecule has 5 heteroatoms. The zero-order chi connectivity index (χ0) is 16.9. The summed E-state index contributed by atoms with van der Waals surface area (Å²) >= 11 is 0. The highest BCUT2D eigenvalue weighted by Crippen LogP contribution is 2.10. The molecule has 0 bridgehead atoms. The van der Waals surface area contributed by atoms with Crippen molar-refractivity contribution >= 4 is 5.96 Å². The molecule has 1 rings (SSSR count). The highest BCUT2D eigenvalue weighted by atomic mass is 16.5. The van der Waals surface area contributed by atoms with Gasteiger partial charge in [-0.05, 0) is 44.2 Å². The Hall–Kier alpha value is -1.62. The van der Waals surface area contributed by atoms with Crippen molar-refractivity contribution in [2.75, 3.05) is 26.2 Å². The SMILES string of the molecule is CCNC(=NCCC(OCC)C(C)C)NCCc1cccnc1. The summed E-state index contributed by atoms with van der Waals surface area (Å²) in [6.45, 7) is 11.7. The molecule has 0 aliphatic heterocycles. The third-order valence-electron chi connectivity index (χ3n) is 3.58. The second kappa shape index (κ2) is 11.9. The average Bonchev–Trinajstić information content (AvgIpc) is 2.55. The molecule has 1 aromatic heterocycles. The van der Waals surface area contributed by atoms with E-state index in [0.29, 0.717) is 5.92 Å². The predicted molar refractivity (Wildman–Crippen MR) is 96.8 cm³/mol. The molecule has 1 aromatic rings. The molecule has 5 nitrogen and oxygen atoms in total. The summed E-state index contributed by atoms with van der Waals surface area (Å²) in [5.41, 5.74) is 1.23. The minimum Gasteiger partial charge on any atom is -0.378 e. The van der Waals surface area contributed by atoms with E-state index < -0.39 is 0 Å². The monoisotopic (exact) mass is 320 g/mol. The normalized spacial score (nSPS) is 13.2. The number of nitrogens with zero attached hydrogens (tertiary/aromatic N) is 2. The van der Waals surface area contributed by atoms with Crippen molar-refractivity contribution in [3.63, 3.8) is 0 Å². The van der Waals surface area contributed by atoms with Gasteiger partial charge >= 0.3 is 0 Å². The Morgan fingerprint density at radius 1 is 1.30 bits per heavy atom. The van der Waals surface area contributed by atoms with Gasteiger partial charge in [0.2, 0.25) is 0 Å². The summed E-state index contributed by atoms with van der Waals surface area (Å²) in [6.07, 6.45) is 5.87. The summed E-state index contributed by atoms with van der Waals surface area (Å²) in [5, 5.41) is 6.66. The van der Waals surface area contributed by atoms with Crippen molar-refractivity contribution in [2.45, 2.75) is 46.6 Å². The van der Waals surface area contributed by atoms with Gasteiger partial charge in [0.1, 0.15) is 0 Å². The highest BCUT2D eigenvalue weighted by molar-refractivity contribution is 5.79. The van der Waals surface area contributed by atoms with Crippen LogP contribution in [0.1, 0.15) is 39.7 Å². The van der Waals surface area contributed by atoms with Gasteiger partial charge in [0.15, 0.2) is 5.96 Å². The van der Waals surface area contributed by atoms with Crippen molar-refractivity contribution in [1.82, 2.24) is 15.6 Å². The number of ether oxygens (including phenoxy) is 1. The number of rotatable bonds is 10. The zero-order valence-electron chi connectivity index (χ0n) is 15.0. The number of aliphatic imine (C=N–C) groups is 1. The fourth-order valence-electron chi connectivity index (χ4n) is 2.34. The quantitative estimate of drug-likeness (QED) is 0.514. The van der Waals surface area contributed by atoms with Crippen LogP contribution in [-0.4, -0.2) is 43.3 Å². The number of aromatic nitrogens is 1. The van der Waals surface area contributed by atoms with Gasteiger partial charge in [-0.2, -0.15) is 0 Å². The molecule has 1 unspecified atom stereocenters. The Morgan fingerprint density at radius 3 is 2.74 bits per heavy atom. The maximum atomic E-state index is 5.77. The molecule has 1 atom stereocenters. The van der Waals surface area contributed by atoms with E-state index in [1.165, 1.54) is 5.56 Å². The van der Waals surface area contributed by atoms with E-state index in [2.05, 4.69) is 47.4 Å². The number of nitrogens with one attached hydrogen (secondary N) is 2. The van der Waals surface area contributed by atoms with Crippen molar-refractivity contribution in [2.24, 2.45) is 10.9 Å². The predicted octanol–water partition coefficient (Wildman–Crippen LogP) is 2.63. The maximum Gasteiger partial charge on any atom is 0.191 e. The zero-order valence-corrected chi connectivity index (χ0v) is 15.0. The van der Waals surface area contributed by atoms with Crippen LogP contribution in [0.5, 0.6) is 0 Å². The van der Waals surface area contributed by atoms with Crippen LogP contribution >= 0.6 is 0 Å². The van der Waals surface area contributed by atoms with Crippen LogP contribution in [0, 0.1) is 5.92 Å². The highest BCUT2D eigenvalue weighted by Gasteiger charge is 2.12. The van der Waals surface area contributed by atoms with Crippen molar-refractivity contribution in [3.8, 4) is 0 Å². The fourth-order valence-corrected chi connectivity index (χ4v) is 2.34. The van der Waals surface area contributed by atoms with Gasteiger partial charge in [-0.3, -0.25) is 9.98 Å². The Morgan fingerprint density at radius 2 is 2.13 bits per heavy atom. The standard InChI is InChI=1S/C18H32N4O/c1-5-20-18(21-12-9-16-8-7-11-19-14-16)22-13-10-17(15(3)4)23-6-2/h7-8,11,14-15,17H,5-6,9-10,12-13H2,1-4H3,(H2,20,21,22). The molecule has 0 saturated carbocycles. The van der Waals surface area contributed by atoms with Gasteiger partial charge in [0.25, 0.3) is 0 Å². The van der Waals surface area contributed by atoms with Crippen LogP contribution in [0.15, 0.2) is 29.5 Å². The Balaban J connectivity index is 2.40. The lowest BCUT2D eigenvalue weighted by atomic mass is 10.0. The summed E-state index contributed by atoms with van der Waals surface area (Å²) in [6, 6.07) is 4.06. The van der Waals surface area contributed by atoms with Crippen LogP contribution < -0.4 is 10.6 Å². The third kappa shape index (κ3) is 8.55. The minimum absolute atomic E-state index is 0.280. The molecule has 0 aliphatic rings. The molecule has 0 radical (unpaired) electrons. The summed E-state index contributed by atoms with van der Waals surface area (Å²) < 4.78 is 5.77. The van der Waals surface area contributed by atoms with Crippen LogP contribution in [-0.2, 0) is 11.2 Å². The largest absolute Gasteiger partial charge is 0.378 e. The van der Waals surface area contributed by atoms with Gasteiger partial charge in [-0.25, -0.2) is 0 Å². The first kappa shape index (κ1) is 19.4. The van der Waals surface area contributed by atoms with Crippen molar-refractivity contribution in [3.05, 3.63) is 30.1 Å². The lowest BCUT2D eigenvalue weighted by Crippen LogP contribution is -2.38. The molecular formula is C18H32N4O. The maximum absolute atomic E-state index is 5.77. The second-order valence-electron chi connectivity index (χ2n) is 5.83. The molecule has 0 saturated heterocycles. The number of hydrogen-bond donors (Lipinski definition) is 2. The van der Waals surface area contributed by atoms with E-state index in [9.17, 15) is 0 Å². The molecule has 0 aliphatic carbocycles. The molecule has 2 N–H and O–H groups in total. The van der Waals surface area contributed by atoms with E-state index >= 15 is 0 Å². The van der Waals surface area contributed by atoms with Crippen molar-refractivity contribution < 1.29 is 4.74 Å².